The van der Waals surface area contributed by atoms with Crippen molar-refractivity contribution in [3.8, 4) is 0 Å². The Kier molecular flexibility index (Phi) is 6.15. The fourth-order valence-electron chi connectivity index (χ4n) is 5.00. The average molecular weight is 461 g/mol. The van der Waals surface area contributed by atoms with Gasteiger partial charge < -0.3 is 10.6 Å². The SMILES string of the molecule is NC(=O)c1c(NC(=O)N2CCN(C(c3ccccc3)c3ccccc3)CC2)sc2c1CCC2. The minimum Gasteiger partial charge on any atom is -0.365 e. The molecule has 7 heteroatoms. The number of thiophene rings is 1. The summed E-state index contributed by atoms with van der Waals surface area (Å²) in [5, 5.41) is 3.59. The molecule has 1 aromatic heterocycles. The maximum Gasteiger partial charge on any atom is 0.322 e. The van der Waals surface area contributed by atoms with Crippen molar-refractivity contribution in [2.75, 3.05) is 31.5 Å². The molecule has 33 heavy (non-hydrogen) atoms. The highest BCUT2D eigenvalue weighted by atomic mass is 32.1. The van der Waals surface area contributed by atoms with Gasteiger partial charge in [0, 0.05) is 31.1 Å². The van der Waals surface area contributed by atoms with Crippen LogP contribution in [0.1, 0.15) is 44.4 Å². The number of nitrogens with one attached hydrogen (secondary N) is 1. The summed E-state index contributed by atoms with van der Waals surface area (Å²) in [7, 11) is 0. The first-order valence-electron chi connectivity index (χ1n) is 11.5. The lowest BCUT2D eigenvalue weighted by Crippen LogP contribution is -2.51. The standard InChI is InChI=1S/C26H28N4O2S/c27-24(31)22-20-12-7-13-21(20)33-25(22)28-26(32)30-16-14-29(15-17-30)23(18-8-3-1-4-9-18)19-10-5-2-6-11-19/h1-6,8-11,23H,7,12-17H2,(H2,27,31)(H,28,32). The zero-order valence-electron chi connectivity index (χ0n) is 18.5. The van der Waals surface area contributed by atoms with Gasteiger partial charge >= 0.3 is 6.03 Å². The lowest BCUT2D eigenvalue weighted by atomic mass is 9.96. The minimum absolute atomic E-state index is 0.152. The molecule has 170 valence electrons. The largest absolute Gasteiger partial charge is 0.365 e. The van der Waals surface area contributed by atoms with E-state index < -0.39 is 5.91 Å². The van der Waals surface area contributed by atoms with Gasteiger partial charge in [0.05, 0.1) is 11.6 Å². The summed E-state index contributed by atoms with van der Waals surface area (Å²) in [4.78, 5) is 30.5. The molecule has 1 aliphatic heterocycles. The molecule has 2 heterocycles. The summed E-state index contributed by atoms with van der Waals surface area (Å²) >= 11 is 1.50. The van der Waals surface area contributed by atoms with Gasteiger partial charge in [0.2, 0.25) is 0 Å². The summed E-state index contributed by atoms with van der Waals surface area (Å²) < 4.78 is 0. The third kappa shape index (κ3) is 4.38. The van der Waals surface area contributed by atoms with Gasteiger partial charge in [-0.3, -0.25) is 15.0 Å². The van der Waals surface area contributed by atoms with Crippen molar-refractivity contribution in [1.82, 2.24) is 9.80 Å². The van der Waals surface area contributed by atoms with Crippen LogP contribution >= 0.6 is 11.3 Å². The normalized spacial score (nSPS) is 16.1. The van der Waals surface area contributed by atoms with Gasteiger partial charge in [0.25, 0.3) is 5.91 Å². The molecule has 5 rings (SSSR count). The smallest absolute Gasteiger partial charge is 0.322 e. The predicted molar refractivity (Wildman–Crippen MR) is 132 cm³/mol. The first-order valence-corrected chi connectivity index (χ1v) is 12.3. The van der Waals surface area contributed by atoms with Crippen LogP contribution in [0, 0.1) is 0 Å². The van der Waals surface area contributed by atoms with Crippen molar-refractivity contribution in [3.63, 3.8) is 0 Å². The van der Waals surface area contributed by atoms with Crippen LogP contribution in [0.25, 0.3) is 0 Å². The lowest BCUT2D eigenvalue weighted by molar-refractivity contribution is 0.100. The van der Waals surface area contributed by atoms with Crippen molar-refractivity contribution in [3.05, 3.63) is 87.8 Å². The van der Waals surface area contributed by atoms with Gasteiger partial charge in [-0.2, -0.15) is 0 Å². The van der Waals surface area contributed by atoms with E-state index in [1.165, 1.54) is 27.3 Å². The second-order valence-electron chi connectivity index (χ2n) is 8.60. The number of amides is 3. The number of fused-ring (bicyclic) bond motifs is 1. The number of nitrogens with two attached hydrogens (primary N) is 1. The number of carbonyl (C=O) groups is 2. The first kappa shape index (κ1) is 21.7. The number of rotatable bonds is 5. The number of carbonyl (C=O) groups excluding carboxylic acids is 2. The Labute approximate surface area is 198 Å². The monoisotopic (exact) mass is 460 g/mol. The lowest BCUT2D eigenvalue weighted by Gasteiger charge is -2.39. The molecular formula is C26H28N4O2S. The highest BCUT2D eigenvalue weighted by molar-refractivity contribution is 7.17. The molecule has 0 unspecified atom stereocenters. The van der Waals surface area contributed by atoms with Crippen LogP contribution in [-0.2, 0) is 12.8 Å². The Morgan fingerprint density at radius 2 is 1.48 bits per heavy atom. The molecule has 3 aromatic rings. The van der Waals surface area contributed by atoms with E-state index in [4.69, 9.17) is 5.73 Å². The van der Waals surface area contributed by atoms with Crippen LogP contribution in [0.5, 0.6) is 0 Å². The predicted octanol–water partition coefficient (Wildman–Crippen LogP) is 4.27. The second kappa shape index (κ2) is 9.37. The Balaban J connectivity index is 1.29. The van der Waals surface area contributed by atoms with Gasteiger partial charge in [0.1, 0.15) is 5.00 Å². The van der Waals surface area contributed by atoms with Crippen LogP contribution in [0.2, 0.25) is 0 Å². The third-order valence-electron chi connectivity index (χ3n) is 6.59. The number of hydrogen-bond donors (Lipinski definition) is 2. The van der Waals surface area contributed by atoms with Crippen molar-refractivity contribution < 1.29 is 9.59 Å². The summed E-state index contributed by atoms with van der Waals surface area (Å²) in [5.41, 5.74) is 9.68. The van der Waals surface area contributed by atoms with E-state index in [1.54, 1.807) is 0 Å². The Morgan fingerprint density at radius 3 is 2.06 bits per heavy atom. The van der Waals surface area contributed by atoms with Crippen molar-refractivity contribution in [1.29, 1.82) is 0 Å². The molecule has 0 bridgehead atoms. The summed E-state index contributed by atoms with van der Waals surface area (Å²) in [6.07, 6.45) is 2.86. The van der Waals surface area contributed by atoms with Crippen molar-refractivity contribution in [2.24, 2.45) is 5.73 Å². The van der Waals surface area contributed by atoms with Gasteiger partial charge in [-0.25, -0.2) is 4.79 Å². The minimum atomic E-state index is -0.455. The molecule has 0 atom stereocenters. The molecule has 3 amide bonds. The topological polar surface area (TPSA) is 78.7 Å². The highest BCUT2D eigenvalue weighted by Crippen LogP contribution is 2.39. The molecule has 2 aliphatic rings. The molecule has 1 aliphatic carbocycles. The van der Waals surface area contributed by atoms with E-state index in [0.717, 1.165) is 37.9 Å². The highest BCUT2D eigenvalue weighted by Gasteiger charge is 2.30. The van der Waals surface area contributed by atoms with Crippen molar-refractivity contribution >= 4 is 28.3 Å². The van der Waals surface area contributed by atoms with Gasteiger partial charge in [0.15, 0.2) is 0 Å². The van der Waals surface area contributed by atoms with Gasteiger partial charge in [-0.1, -0.05) is 60.7 Å². The number of aryl methyl sites for hydroxylation is 1. The first-order chi connectivity index (χ1) is 16.1. The fourth-order valence-corrected chi connectivity index (χ4v) is 6.28. The van der Waals surface area contributed by atoms with Gasteiger partial charge in [-0.15, -0.1) is 11.3 Å². The third-order valence-corrected chi connectivity index (χ3v) is 7.79. The summed E-state index contributed by atoms with van der Waals surface area (Å²) in [5.74, 6) is -0.455. The maximum absolute atomic E-state index is 13.0. The van der Waals surface area contributed by atoms with E-state index in [9.17, 15) is 9.59 Å². The Morgan fingerprint density at radius 1 is 0.879 bits per heavy atom. The van der Waals surface area contributed by atoms with E-state index in [-0.39, 0.29) is 12.1 Å². The number of primary amides is 1. The summed E-state index contributed by atoms with van der Waals surface area (Å²) in [6, 6.07) is 21.0. The fraction of sp³-hybridized carbons (Fsp3) is 0.308. The van der Waals surface area contributed by atoms with E-state index in [2.05, 4.69) is 58.7 Å². The Bertz CT molecular complexity index is 1100. The molecule has 6 nitrogen and oxygen atoms in total. The Hall–Kier alpha value is -3.16. The van der Waals surface area contributed by atoms with Crippen LogP contribution in [0.15, 0.2) is 60.7 Å². The van der Waals surface area contributed by atoms with Crippen LogP contribution in [0.4, 0.5) is 9.80 Å². The number of piperazine rings is 1. The average Bonchev–Trinajstić information content (AvgIpc) is 3.42. The number of nitrogens with zero attached hydrogens (tertiary/aromatic N) is 2. The zero-order chi connectivity index (χ0) is 22.8. The van der Waals surface area contributed by atoms with Crippen molar-refractivity contribution in [2.45, 2.75) is 25.3 Å². The number of anilines is 1. The number of hydrogen-bond acceptors (Lipinski definition) is 4. The summed E-state index contributed by atoms with van der Waals surface area (Å²) in [6.45, 7) is 2.79. The van der Waals surface area contributed by atoms with Crippen LogP contribution in [0.3, 0.4) is 0 Å². The molecule has 0 spiro atoms. The molecule has 3 N–H and O–H groups in total. The molecule has 2 aromatic carbocycles. The molecule has 0 radical (unpaired) electrons. The quantitative estimate of drug-likeness (QED) is 0.597. The molecule has 1 saturated heterocycles. The number of urea groups is 1. The molecule has 1 fully saturated rings. The van der Waals surface area contributed by atoms with Crippen LogP contribution in [-0.4, -0.2) is 47.9 Å². The van der Waals surface area contributed by atoms with Gasteiger partial charge in [-0.05, 0) is 36.0 Å². The van der Waals surface area contributed by atoms with E-state index in [1.807, 2.05) is 17.0 Å². The zero-order valence-corrected chi connectivity index (χ0v) is 19.3. The second-order valence-corrected chi connectivity index (χ2v) is 9.71. The molecule has 0 saturated carbocycles. The maximum atomic E-state index is 13.0. The van der Waals surface area contributed by atoms with E-state index >= 15 is 0 Å². The van der Waals surface area contributed by atoms with E-state index in [0.29, 0.717) is 23.7 Å². The van der Waals surface area contributed by atoms with Crippen LogP contribution < -0.4 is 11.1 Å². The number of benzene rings is 2. The molecular weight excluding hydrogens is 432 g/mol.